The van der Waals surface area contributed by atoms with Gasteiger partial charge in [-0.1, -0.05) is 0 Å². The van der Waals surface area contributed by atoms with Gasteiger partial charge in [0.2, 0.25) is 5.91 Å². The van der Waals surface area contributed by atoms with Gasteiger partial charge in [-0.25, -0.2) is 4.79 Å². The molecular formula is C21H41N3O3. The minimum absolute atomic E-state index is 0.0657. The lowest BCUT2D eigenvalue weighted by Crippen LogP contribution is -2.54. The van der Waals surface area contributed by atoms with Crippen molar-refractivity contribution in [2.75, 3.05) is 19.6 Å². The molecule has 1 aliphatic heterocycles. The van der Waals surface area contributed by atoms with Crippen molar-refractivity contribution in [3.63, 3.8) is 0 Å². The van der Waals surface area contributed by atoms with Crippen molar-refractivity contribution in [3.05, 3.63) is 0 Å². The Morgan fingerprint density at radius 3 is 2.22 bits per heavy atom. The van der Waals surface area contributed by atoms with Crippen LogP contribution in [0.25, 0.3) is 0 Å². The SMILES string of the molecule is CC(C)N(C[C@@H]1CCCN([C@@H](C)C(=O)NC(C)(C)C)C1)C(=O)OC(C)(C)C. The van der Waals surface area contributed by atoms with Gasteiger partial charge in [-0.15, -0.1) is 0 Å². The third kappa shape index (κ3) is 8.50. The molecule has 0 bridgehead atoms. The molecule has 1 rings (SSSR count). The van der Waals surface area contributed by atoms with Gasteiger partial charge >= 0.3 is 6.09 Å². The Balaban J connectivity index is 2.72. The zero-order valence-corrected chi connectivity index (χ0v) is 18.9. The van der Waals surface area contributed by atoms with Crippen LogP contribution in [0.2, 0.25) is 0 Å². The van der Waals surface area contributed by atoms with Gasteiger partial charge in [0, 0.05) is 24.7 Å². The van der Waals surface area contributed by atoms with Crippen molar-refractivity contribution in [1.29, 1.82) is 0 Å². The molecule has 1 heterocycles. The van der Waals surface area contributed by atoms with Crippen LogP contribution in [-0.2, 0) is 9.53 Å². The predicted octanol–water partition coefficient (Wildman–Crippen LogP) is 3.65. The van der Waals surface area contributed by atoms with E-state index in [9.17, 15) is 9.59 Å². The van der Waals surface area contributed by atoms with E-state index in [1.165, 1.54) is 0 Å². The van der Waals surface area contributed by atoms with E-state index in [1.807, 2.05) is 67.2 Å². The molecule has 27 heavy (non-hydrogen) atoms. The molecule has 1 aliphatic rings. The van der Waals surface area contributed by atoms with Crippen molar-refractivity contribution in [3.8, 4) is 0 Å². The van der Waals surface area contributed by atoms with E-state index in [0.717, 1.165) is 25.9 Å². The van der Waals surface area contributed by atoms with Gasteiger partial charge in [0.05, 0.1) is 6.04 Å². The summed E-state index contributed by atoms with van der Waals surface area (Å²) in [6.45, 7) is 20.1. The molecule has 1 N–H and O–H groups in total. The number of piperidine rings is 1. The number of nitrogens with one attached hydrogen (secondary N) is 1. The first-order valence-corrected chi connectivity index (χ1v) is 10.3. The summed E-state index contributed by atoms with van der Waals surface area (Å²) < 4.78 is 5.58. The first kappa shape index (κ1) is 23.7. The number of rotatable bonds is 5. The van der Waals surface area contributed by atoms with Crippen LogP contribution in [0.15, 0.2) is 0 Å². The van der Waals surface area contributed by atoms with Gasteiger partial charge in [0.25, 0.3) is 0 Å². The number of carbonyl (C=O) groups is 2. The second kappa shape index (κ2) is 9.26. The van der Waals surface area contributed by atoms with Gasteiger partial charge in [-0.3, -0.25) is 9.69 Å². The molecule has 0 saturated carbocycles. The largest absolute Gasteiger partial charge is 0.444 e. The number of hydrogen-bond acceptors (Lipinski definition) is 4. The van der Waals surface area contributed by atoms with E-state index in [1.54, 1.807) is 0 Å². The van der Waals surface area contributed by atoms with Crippen molar-refractivity contribution < 1.29 is 14.3 Å². The predicted molar refractivity (Wildman–Crippen MR) is 110 cm³/mol. The van der Waals surface area contributed by atoms with Crippen molar-refractivity contribution in [1.82, 2.24) is 15.1 Å². The van der Waals surface area contributed by atoms with E-state index in [2.05, 4.69) is 10.2 Å². The highest BCUT2D eigenvalue weighted by Gasteiger charge is 2.32. The normalized spacial score (nSPS) is 20.3. The Kier molecular flexibility index (Phi) is 8.14. The Bertz CT molecular complexity index is 506. The minimum atomic E-state index is -0.498. The molecule has 0 radical (unpaired) electrons. The maximum absolute atomic E-state index is 12.6. The molecule has 2 amide bonds. The number of hydrogen-bond donors (Lipinski definition) is 1. The van der Waals surface area contributed by atoms with Gasteiger partial charge in [0.15, 0.2) is 0 Å². The number of nitrogens with zero attached hydrogens (tertiary/aromatic N) is 2. The number of likely N-dealkylation sites (tertiary alicyclic amines) is 1. The van der Waals surface area contributed by atoms with Gasteiger partial charge in [0.1, 0.15) is 5.60 Å². The number of ether oxygens (including phenoxy) is 1. The first-order valence-electron chi connectivity index (χ1n) is 10.3. The Morgan fingerprint density at radius 2 is 1.74 bits per heavy atom. The fraction of sp³-hybridized carbons (Fsp3) is 0.905. The second-order valence-corrected chi connectivity index (χ2v) is 10.1. The smallest absolute Gasteiger partial charge is 0.410 e. The monoisotopic (exact) mass is 383 g/mol. The van der Waals surface area contributed by atoms with E-state index in [-0.39, 0.29) is 29.6 Å². The highest BCUT2D eigenvalue weighted by molar-refractivity contribution is 5.82. The quantitative estimate of drug-likeness (QED) is 0.787. The lowest BCUT2D eigenvalue weighted by atomic mass is 9.95. The fourth-order valence-electron chi connectivity index (χ4n) is 3.33. The van der Waals surface area contributed by atoms with E-state index in [4.69, 9.17) is 4.74 Å². The first-order chi connectivity index (χ1) is 12.2. The topological polar surface area (TPSA) is 61.9 Å². The maximum atomic E-state index is 12.6. The summed E-state index contributed by atoms with van der Waals surface area (Å²) in [5.41, 5.74) is -0.728. The van der Waals surface area contributed by atoms with Crippen molar-refractivity contribution in [2.45, 2.75) is 98.4 Å². The van der Waals surface area contributed by atoms with Gasteiger partial charge in [-0.05, 0) is 87.6 Å². The highest BCUT2D eigenvalue weighted by atomic mass is 16.6. The van der Waals surface area contributed by atoms with Crippen LogP contribution >= 0.6 is 0 Å². The molecule has 0 unspecified atom stereocenters. The Labute approximate surface area is 166 Å². The number of amides is 2. The molecule has 1 saturated heterocycles. The standard InChI is InChI=1S/C21H41N3O3/c1-15(2)24(19(26)27-21(7,8)9)14-17-11-10-12-23(13-17)16(3)18(25)22-20(4,5)6/h15-17H,10-14H2,1-9H3,(H,22,25)/t16-,17+/m0/s1. The third-order valence-corrected chi connectivity index (χ3v) is 4.68. The van der Waals surface area contributed by atoms with E-state index in [0.29, 0.717) is 12.5 Å². The average Bonchev–Trinajstić information content (AvgIpc) is 2.48. The van der Waals surface area contributed by atoms with Gasteiger partial charge < -0.3 is 15.0 Å². The van der Waals surface area contributed by atoms with Crippen LogP contribution in [0.3, 0.4) is 0 Å². The van der Waals surface area contributed by atoms with Gasteiger partial charge in [-0.2, -0.15) is 0 Å². The maximum Gasteiger partial charge on any atom is 0.410 e. The molecule has 0 aliphatic carbocycles. The third-order valence-electron chi connectivity index (χ3n) is 4.68. The molecule has 6 heteroatoms. The molecule has 0 aromatic heterocycles. The van der Waals surface area contributed by atoms with E-state index < -0.39 is 5.60 Å². The minimum Gasteiger partial charge on any atom is -0.444 e. The molecule has 6 nitrogen and oxygen atoms in total. The van der Waals surface area contributed by atoms with Crippen LogP contribution < -0.4 is 5.32 Å². The number of carbonyl (C=O) groups excluding carboxylic acids is 2. The summed E-state index contributed by atoms with van der Waals surface area (Å²) in [7, 11) is 0. The molecule has 0 spiro atoms. The average molecular weight is 384 g/mol. The van der Waals surface area contributed by atoms with Crippen LogP contribution in [-0.4, -0.2) is 64.7 Å². The Hall–Kier alpha value is -1.30. The summed E-state index contributed by atoms with van der Waals surface area (Å²) in [5.74, 6) is 0.412. The van der Waals surface area contributed by atoms with Crippen LogP contribution in [0.4, 0.5) is 4.79 Å². The van der Waals surface area contributed by atoms with Crippen molar-refractivity contribution in [2.24, 2.45) is 5.92 Å². The Morgan fingerprint density at radius 1 is 1.15 bits per heavy atom. The fourth-order valence-corrected chi connectivity index (χ4v) is 3.33. The second-order valence-electron chi connectivity index (χ2n) is 10.1. The summed E-state index contributed by atoms with van der Waals surface area (Å²) in [6.07, 6.45) is 1.85. The lowest BCUT2D eigenvalue weighted by Gasteiger charge is -2.39. The molecule has 0 aromatic carbocycles. The lowest BCUT2D eigenvalue weighted by molar-refractivity contribution is -0.128. The van der Waals surface area contributed by atoms with Crippen molar-refractivity contribution >= 4 is 12.0 Å². The zero-order valence-electron chi connectivity index (χ0n) is 18.9. The summed E-state index contributed by atoms with van der Waals surface area (Å²) in [5, 5.41) is 3.07. The van der Waals surface area contributed by atoms with Crippen LogP contribution in [0, 0.1) is 5.92 Å². The molecule has 0 aromatic rings. The van der Waals surface area contributed by atoms with E-state index >= 15 is 0 Å². The summed E-state index contributed by atoms with van der Waals surface area (Å²) in [6, 6.07) is -0.0853. The highest BCUT2D eigenvalue weighted by Crippen LogP contribution is 2.22. The van der Waals surface area contributed by atoms with Crippen LogP contribution in [0.5, 0.6) is 0 Å². The molecule has 1 fully saturated rings. The molecular weight excluding hydrogens is 342 g/mol. The zero-order chi connectivity index (χ0) is 21.0. The summed E-state index contributed by atoms with van der Waals surface area (Å²) in [4.78, 5) is 29.2. The molecule has 158 valence electrons. The van der Waals surface area contributed by atoms with Crippen LogP contribution in [0.1, 0.15) is 75.2 Å². The summed E-state index contributed by atoms with van der Waals surface area (Å²) >= 11 is 0. The molecule has 2 atom stereocenters.